The third-order valence-electron chi connectivity index (χ3n) is 4.86. The topological polar surface area (TPSA) is 12.0 Å². The number of benzene rings is 1. The minimum atomic E-state index is 0.443. The molecule has 2 aliphatic carbocycles. The van der Waals surface area contributed by atoms with Crippen LogP contribution in [-0.4, -0.2) is 6.04 Å². The van der Waals surface area contributed by atoms with E-state index in [9.17, 15) is 0 Å². The van der Waals surface area contributed by atoms with Gasteiger partial charge in [-0.2, -0.15) is 0 Å². The zero-order chi connectivity index (χ0) is 13.2. The molecule has 0 amide bonds. The van der Waals surface area contributed by atoms with Crippen LogP contribution in [0.1, 0.15) is 57.1 Å². The first-order valence-corrected chi connectivity index (χ1v) is 8.54. The molecule has 2 heteroatoms. The van der Waals surface area contributed by atoms with Gasteiger partial charge in [-0.3, -0.25) is 0 Å². The Morgan fingerprint density at radius 1 is 1.11 bits per heavy atom. The Kier molecular flexibility index (Phi) is 4.28. The van der Waals surface area contributed by atoms with Gasteiger partial charge in [0.2, 0.25) is 0 Å². The maximum Gasteiger partial charge on any atom is 0.0305 e. The lowest BCUT2D eigenvalue weighted by atomic mass is 9.82. The van der Waals surface area contributed by atoms with Crippen molar-refractivity contribution in [3.8, 4) is 0 Å². The fourth-order valence-corrected chi connectivity index (χ4v) is 4.27. The lowest BCUT2D eigenvalue weighted by Gasteiger charge is -2.32. The lowest BCUT2D eigenvalue weighted by Crippen LogP contribution is -2.36. The molecule has 1 nitrogen and oxygen atoms in total. The molecule has 0 saturated heterocycles. The maximum absolute atomic E-state index is 3.86. The van der Waals surface area contributed by atoms with Crippen LogP contribution in [0.25, 0.3) is 0 Å². The molecule has 2 fully saturated rings. The summed E-state index contributed by atoms with van der Waals surface area (Å²) in [6, 6.07) is 9.75. The Balaban J connectivity index is 1.59. The largest absolute Gasteiger partial charge is 0.307 e. The van der Waals surface area contributed by atoms with Crippen LogP contribution in [0.3, 0.4) is 0 Å². The second-order valence-electron chi connectivity index (χ2n) is 6.37. The van der Waals surface area contributed by atoms with Gasteiger partial charge in [0.05, 0.1) is 0 Å². The van der Waals surface area contributed by atoms with Crippen LogP contribution >= 0.6 is 15.9 Å². The number of halogens is 1. The standard InChI is InChI=1S/C17H24BrN/c1-12(16-7-2-3-8-17(16)18)19-15-6-4-5-14(11-15)13-9-10-13/h2-3,7-8,12-15,19H,4-6,9-11H2,1H3/t12-,14?,15?/m0/s1. The summed E-state index contributed by atoms with van der Waals surface area (Å²) in [6.45, 7) is 2.29. The summed E-state index contributed by atoms with van der Waals surface area (Å²) in [6.07, 6.45) is 8.65. The van der Waals surface area contributed by atoms with Crippen LogP contribution in [0.5, 0.6) is 0 Å². The van der Waals surface area contributed by atoms with Crippen molar-refractivity contribution in [2.24, 2.45) is 11.8 Å². The van der Waals surface area contributed by atoms with Crippen LogP contribution in [-0.2, 0) is 0 Å². The van der Waals surface area contributed by atoms with E-state index in [4.69, 9.17) is 0 Å². The van der Waals surface area contributed by atoms with Gasteiger partial charge in [-0.05, 0) is 56.1 Å². The summed E-state index contributed by atoms with van der Waals surface area (Å²) in [7, 11) is 0. The predicted molar refractivity (Wildman–Crippen MR) is 84.2 cm³/mol. The fraction of sp³-hybridized carbons (Fsp3) is 0.647. The summed E-state index contributed by atoms with van der Waals surface area (Å²) < 4.78 is 1.23. The van der Waals surface area contributed by atoms with Gasteiger partial charge in [0.1, 0.15) is 0 Å². The second-order valence-corrected chi connectivity index (χ2v) is 7.23. The highest BCUT2D eigenvalue weighted by Gasteiger charge is 2.34. The smallest absolute Gasteiger partial charge is 0.0305 e. The van der Waals surface area contributed by atoms with E-state index in [2.05, 4.69) is 52.4 Å². The van der Waals surface area contributed by atoms with Crippen molar-refractivity contribution < 1.29 is 0 Å². The quantitative estimate of drug-likeness (QED) is 0.816. The molecule has 104 valence electrons. The highest BCUT2D eigenvalue weighted by Crippen LogP contribution is 2.44. The Morgan fingerprint density at radius 3 is 2.63 bits per heavy atom. The van der Waals surface area contributed by atoms with Gasteiger partial charge < -0.3 is 5.32 Å². The van der Waals surface area contributed by atoms with E-state index in [1.165, 1.54) is 48.6 Å². The number of rotatable bonds is 4. The van der Waals surface area contributed by atoms with E-state index in [0.29, 0.717) is 6.04 Å². The zero-order valence-corrected chi connectivity index (χ0v) is 13.3. The molecule has 3 rings (SSSR count). The molecule has 0 aliphatic heterocycles. The first-order valence-electron chi connectivity index (χ1n) is 7.74. The molecule has 1 aromatic rings. The molecule has 0 radical (unpaired) electrons. The average Bonchev–Trinajstić information content (AvgIpc) is 3.24. The Morgan fingerprint density at radius 2 is 1.89 bits per heavy atom. The molecule has 2 unspecified atom stereocenters. The van der Waals surface area contributed by atoms with E-state index >= 15 is 0 Å². The van der Waals surface area contributed by atoms with E-state index < -0.39 is 0 Å². The van der Waals surface area contributed by atoms with Crippen molar-refractivity contribution in [1.29, 1.82) is 0 Å². The molecule has 0 heterocycles. The van der Waals surface area contributed by atoms with Crippen molar-refractivity contribution in [1.82, 2.24) is 5.32 Å². The monoisotopic (exact) mass is 321 g/mol. The third-order valence-corrected chi connectivity index (χ3v) is 5.58. The molecule has 2 saturated carbocycles. The van der Waals surface area contributed by atoms with Crippen LogP contribution < -0.4 is 5.32 Å². The SMILES string of the molecule is C[C@H](NC1CCCC(C2CC2)C1)c1ccccc1Br. The summed E-state index contributed by atoms with van der Waals surface area (Å²) in [4.78, 5) is 0. The summed E-state index contributed by atoms with van der Waals surface area (Å²) in [5.74, 6) is 2.08. The molecule has 19 heavy (non-hydrogen) atoms. The average molecular weight is 322 g/mol. The molecule has 0 aromatic heterocycles. The lowest BCUT2D eigenvalue weighted by molar-refractivity contribution is 0.249. The molecular weight excluding hydrogens is 298 g/mol. The van der Waals surface area contributed by atoms with Gasteiger partial charge in [-0.1, -0.05) is 47.0 Å². The van der Waals surface area contributed by atoms with Crippen molar-refractivity contribution in [2.45, 2.75) is 57.5 Å². The molecule has 2 aliphatic rings. The molecule has 3 atom stereocenters. The molecular formula is C17H24BrN. The normalized spacial score (nSPS) is 29.2. The van der Waals surface area contributed by atoms with Gasteiger partial charge in [-0.15, -0.1) is 0 Å². The van der Waals surface area contributed by atoms with E-state index in [0.717, 1.165) is 17.9 Å². The summed E-state index contributed by atoms with van der Waals surface area (Å²) in [5.41, 5.74) is 1.39. The van der Waals surface area contributed by atoms with Gasteiger partial charge in [0, 0.05) is 16.6 Å². The van der Waals surface area contributed by atoms with Crippen LogP contribution in [0.4, 0.5) is 0 Å². The number of hydrogen-bond donors (Lipinski definition) is 1. The number of hydrogen-bond acceptors (Lipinski definition) is 1. The first kappa shape index (κ1) is 13.6. The molecule has 0 spiro atoms. The third kappa shape index (κ3) is 3.41. The highest BCUT2D eigenvalue weighted by molar-refractivity contribution is 9.10. The first-order chi connectivity index (χ1) is 9.24. The zero-order valence-electron chi connectivity index (χ0n) is 11.7. The van der Waals surface area contributed by atoms with Gasteiger partial charge in [-0.25, -0.2) is 0 Å². The van der Waals surface area contributed by atoms with Gasteiger partial charge in [0.15, 0.2) is 0 Å². The van der Waals surface area contributed by atoms with Gasteiger partial charge >= 0.3 is 0 Å². The van der Waals surface area contributed by atoms with E-state index in [1.54, 1.807) is 0 Å². The van der Waals surface area contributed by atoms with Crippen LogP contribution in [0.2, 0.25) is 0 Å². The Labute approximate surface area is 125 Å². The van der Waals surface area contributed by atoms with Crippen LogP contribution in [0, 0.1) is 11.8 Å². The summed E-state index contributed by atoms with van der Waals surface area (Å²) >= 11 is 3.67. The van der Waals surface area contributed by atoms with Crippen molar-refractivity contribution in [3.63, 3.8) is 0 Å². The van der Waals surface area contributed by atoms with Crippen molar-refractivity contribution >= 4 is 15.9 Å². The minimum Gasteiger partial charge on any atom is -0.307 e. The fourth-order valence-electron chi connectivity index (χ4n) is 3.64. The number of nitrogens with one attached hydrogen (secondary N) is 1. The molecule has 0 bridgehead atoms. The minimum absolute atomic E-state index is 0.443. The molecule has 1 N–H and O–H groups in total. The van der Waals surface area contributed by atoms with E-state index in [1.807, 2.05) is 0 Å². The van der Waals surface area contributed by atoms with Crippen molar-refractivity contribution in [2.75, 3.05) is 0 Å². The Hall–Kier alpha value is -0.340. The summed E-state index contributed by atoms with van der Waals surface area (Å²) in [5, 5.41) is 3.86. The van der Waals surface area contributed by atoms with E-state index in [-0.39, 0.29) is 0 Å². The molecule has 1 aromatic carbocycles. The van der Waals surface area contributed by atoms with Crippen LogP contribution in [0.15, 0.2) is 28.7 Å². The highest BCUT2D eigenvalue weighted by atomic mass is 79.9. The van der Waals surface area contributed by atoms with Crippen molar-refractivity contribution in [3.05, 3.63) is 34.3 Å². The van der Waals surface area contributed by atoms with Gasteiger partial charge in [0.25, 0.3) is 0 Å². The predicted octanol–water partition coefficient (Wildman–Crippen LogP) is 5.07. The maximum atomic E-state index is 3.86. The Bertz CT molecular complexity index is 427. The second kappa shape index (κ2) is 5.97.